The van der Waals surface area contributed by atoms with Gasteiger partial charge in [-0.1, -0.05) is 55.5 Å². The first-order chi connectivity index (χ1) is 8.20. The lowest BCUT2D eigenvalue weighted by molar-refractivity contribution is 0.0999. The van der Waals surface area contributed by atoms with Crippen molar-refractivity contribution in [2.45, 2.75) is 12.8 Å². The van der Waals surface area contributed by atoms with Crippen molar-refractivity contribution in [2.75, 3.05) is 0 Å². The van der Waals surface area contributed by atoms with Gasteiger partial charge in [-0.25, -0.2) is 0 Å². The monoisotopic (exact) mass is 225 g/mol. The van der Waals surface area contributed by atoms with Crippen molar-refractivity contribution < 1.29 is 4.79 Å². The van der Waals surface area contributed by atoms with Crippen LogP contribution in [-0.2, 0) is 0 Å². The fourth-order valence-electron chi connectivity index (χ4n) is 2.02. The van der Waals surface area contributed by atoms with Crippen molar-refractivity contribution in [3.63, 3.8) is 0 Å². The molecule has 0 radical (unpaired) electrons. The Morgan fingerprint density at radius 1 is 1.00 bits per heavy atom. The first-order valence-corrected chi connectivity index (χ1v) is 5.64. The Morgan fingerprint density at radius 3 is 2.24 bits per heavy atom. The molecule has 0 aliphatic rings. The zero-order valence-electron chi connectivity index (χ0n) is 9.76. The van der Waals surface area contributed by atoms with Crippen LogP contribution >= 0.6 is 0 Å². The van der Waals surface area contributed by atoms with Crippen LogP contribution in [0.3, 0.4) is 0 Å². The highest BCUT2D eigenvalue weighted by molar-refractivity contribution is 5.94. The molecule has 0 fully saturated rings. The molecule has 2 aromatic rings. The van der Waals surface area contributed by atoms with Crippen LogP contribution in [0.1, 0.15) is 34.3 Å². The molecular formula is C15H15NO. The molecule has 86 valence electrons. The molecule has 0 heterocycles. The summed E-state index contributed by atoms with van der Waals surface area (Å²) in [4.78, 5) is 11.4. The number of nitrogens with two attached hydrogens (primary N) is 1. The van der Waals surface area contributed by atoms with Crippen molar-refractivity contribution >= 4 is 5.91 Å². The van der Waals surface area contributed by atoms with E-state index in [1.165, 1.54) is 5.56 Å². The number of primary amides is 1. The molecule has 2 N–H and O–H groups in total. The number of benzene rings is 2. The lowest BCUT2D eigenvalue weighted by Gasteiger charge is -2.15. The highest BCUT2D eigenvalue weighted by atomic mass is 16.1. The highest BCUT2D eigenvalue weighted by Crippen LogP contribution is 2.26. The summed E-state index contributed by atoms with van der Waals surface area (Å²) < 4.78 is 0. The summed E-state index contributed by atoms with van der Waals surface area (Å²) in [6.07, 6.45) is 0. The SMILES string of the molecule is CC(c1ccccc1)c1ccccc1C(N)=O. The van der Waals surface area contributed by atoms with Crippen LogP contribution in [0.15, 0.2) is 54.6 Å². The average molecular weight is 225 g/mol. The number of carbonyl (C=O) groups is 1. The van der Waals surface area contributed by atoms with Gasteiger partial charge in [-0.3, -0.25) is 4.79 Å². The van der Waals surface area contributed by atoms with Gasteiger partial charge in [0.1, 0.15) is 0 Å². The fraction of sp³-hybridized carbons (Fsp3) is 0.133. The quantitative estimate of drug-likeness (QED) is 0.857. The second-order valence-corrected chi connectivity index (χ2v) is 4.08. The number of rotatable bonds is 3. The summed E-state index contributed by atoms with van der Waals surface area (Å²) in [5, 5.41) is 0. The Morgan fingerprint density at radius 2 is 1.59 bits per heavy atom. The lowest BCUT2D eigenvalue weighted by atomic mass is 9.89. The van der Waals surface area contributed by atoms with E-state index < -0.39 is 0 Å². The normalized spacial score (nSPS) is 12.1. The van der Waals surface area contributed by atoms with Gasteiger partial charge in [-0.15, -0.1) is 0 Å². The maximum absolute atomic E-state index is 11.4. The van der Waals surface area contributed by atoms with Crippen molar-refractivity contribution in [3.05, 3.63) is 71.3 Å². The molecule has 1 amide bonds. The van der Waals surface area contributed by atoms with Gasteiger partial charge in [0.05, 0.1) is 0 Å². The van der Waals surface area contributed by atoms with Crippen LogP contribution in [0.25, 0.3) is 0 Å². The number of hydrogen-bond donors (Lipinski definition) is 1. The molecule has 1 atom stereocenters. The molecule has 0 aliphatic carbocycles. The third kappa shape index (κ3) is 2.36. The summed E-state index contributed by atoms with van der Waals surface area (Å²) in [5.74, 6) is -0.205. The minimum absolute atomic E-state index is 0.167. The Bertz CT molecular complexity index is 519. The topological polar surface area (TPSA) is 43.1 Å². The predicted octanol–water partition coefficient (Wildman–Crippen LogP) is 2.94. The maximum atomic E-state index is 11.4. The van der Waals surface area contributed by atoms with E-state index in [-0.39, 0.29) is 11.8 Å². The molecule has 0 bridgehead atoms. The largest absolute Gasteiger partial charge is 0.366 e. The number of amides is 1. The third-order valence-electron chi connectivity index (χ3n) is 2.99. The smallest absolute Gasteiger partial charge is 0.248 e. The van der Waals surface area contributed by atoms with Crippen LogP contribution in [0.2, 0.25) is 0 Å². The van der Waals surface area contributed by atoms with Crippen LogP contribution in [0.5, 0.6) is 0 Å². The van der Waals surface area contributed by atoms with E-state index in [1.54, 1.807) is 6.07 Å². The second kappa shape index (κ2) is 4.83. The van der Waals surface area contributed by atoms with Gasteiger partial charge < -0.3 is 5.73 Å². The summed E-state index contributed by atoms with van der Waals surface area (Å²) in [5.41, 5.74) is 8.15. The van der Waals surface area contributed by atoms with Gasteiger partial charge in [0.2, 0.25) is 5.91 Å². The maximum Gasteiger partial charge on any atom is 0.248 e. The minimum Gasteiger partial charge on any atom is -0.366 e. The third-order valence-corrected chi connectivity index (χ3v) is 2.99. The summed E-state index contributed by atoms with van der Waals surface area (Å²) in [6.45, 7) is 2.08. The first kappa shape index (κ1) is 11.4. The average Bonchev–Trinajstić information content (AvgIpc) is 2.39. The first-order valence-electron chi connectivity index (χ1n) is 5.64. The molecule has 2 heteroatoms. The summed E-state index contributed by atoms with van der Waals surface area (Å²) in [7, 11) is 0. The number of hydrogen-bond acceptors (Lipinski definition) is 1. The van der Waals surface area contributed by atoms with Crippen molar-refractivity contribution in [3.8, 4) is 0 Å². The van der Waals surface area contributed by atoms with E-state index in [4.69, 9.17) is 5.73 Å². The molecular weight excluding hydrogens is 210 g/mol. The van der Waals surface area contributed by atoms with Crippen LogP contribution in [-0.4, -0.2) is 5.91 Å². The predicted molar refractivity (Wildman–Crippen MR) is 68.9 cm³/mol. The molecule has 0 saturated heterocycles. The van der Waals surface area contributed by atoms with E-state index in [0.717, 1.165) is 5.56 Å². The van der Waals surface area contributed by atoms with Crippen LogP contribution in [0, 0.1) is 0 Å². The van der Waals surface area contributed by atoms with Gasteiger partial charge in [0.25, 0.3) is 0 Å². The van der Waals surface area contributed by atoms with Crippen LogP contribution < -0.4 is 5.73 Å². The van der Waals surface area contributed by atoms with Gasteiger partial charge >= 0.3 is 0 Å². The molecule has 0 saturated carbocycles. The molecule has 2 aromatic carbocycles. The molecule has 2 rings (SSSR count). The molecule has 0 spiro atoms. The lowest BCUT2D eigenvalue weighted by Crippen LogP contribution is -2.15. The molecule has 2 nitrogen and oxygen atoms in total. The molecule has 1 unspecified atom stereocenters. The van der Waals surface area contributed by atoms with Gasteiger partial charge in [-0.05, 0) is 17.2 Å². The minimum atomic E-state index is -0.372. The van der Waals surface area contributed by atoms with Crippen molar-refractivity contribution in [2.24, 2.45) is 5.73 Å². The zero-order valence-corrected chi connectivity index (χ0v) is 9.76. The van der Waals surface area contributed by atoms with Crippen LogP contribution in [0.4, 0.5) is 0 Å². The second-order valence-electron chi connectivity index (χ2n) is 4.08. The van der Waals surface area contributed by atoms with Crippen molar-refractivity contribution in [1.82, 2.24) is 0 Å². The standard InChI is InChI=1S/C15H15NO/c1-11(12-7-3-2-4-8-12)13-9-5-6-10-14(13)15(16)17/h2-11H,1H3,(H2,16,17). The summed E-state index contributed by atoms with van der Waals surface area (Å²) in [6, 6.07) is 17.6. The van der Waals surface area contributed by atoms with Crippen molar-refractivity contribution in [1.29, 1.82) is 0 Å². The van der Waals surface area contributed by atoms with Gasteiger partial charge in [0.15, 0.2) is 0 Å². The Hall–Kier alpha value is -2.09. The van der Waals surface area contributed by atoms with E-state index in [2.05, 4.69) is 19.1 Å². The summed E-state index contributed by atoms with van der Waals surface area (Å²) >= 11 is 0. The van der Waals surface area contributed by atoms with Gasteiger partial charge in [-0.2, -0.15) is 0 Å². The molecule has 0 aromatic heterocycles. The number of carbonyl (C=O) groups excluding carboxylic acids is 1. The molecule has 0 aliphatic heterocycles. The molecule has 17 heavy (non-hydrogen) atoms. The van der Waals surface area contributed by atoms with E-state index in [0.29, 0.717) is 5.56 Å². The Kier molecular flexibility index (Phi) is 3.24. The Labute approximate surface area is 101 Å². The fourth-order valence-corrected chi connectivity index (χ4v) is 2.02. The Balaban J connectivity index is 2.44. The highest BCUT2D eigenvalue weighted by Gasteiger charge is 2.14. The van der Waals surface area contributed by atoms with E-state index >= 15 is 0 Å². The van der Waals surface area contributed by atoms with Gasteiger partial charge in [0, 0.05) is 11.5 Å². The van der Waals surface area contributed by atoms with E-state index in [1.807, 2.05) is 36.4 Å². The zero-order chi connectivity index (χ0) is 12.3. The van der Waals surface area contributed by atoms with E-state index in [9.17, 15) is 4.79 Å².